The van der Waals surface area contributed by atoms with Crippen molar-refractivity contribution in [3.05, 3.63) is 11.6 Å². The lowest BCUT2D eigenvalue weighted by atomic mass is 9.45. The highest BCUT2D eigenvalue weighted by Crippen LogP contribution is 2.68. The molecule has 9 atom stereocenters. The van der Waals surface area contributed by atoms with Gasteiger partial charge in [0.05, 0.1) is 6.10 Å². The number of aliphatic hydroxyl groups is 1. The molecule has 0 aromatic rings. The highest BCUT2D eigenvalue weighted by Gasteiger charge is 2.65. The Bertz CT molecular complexity index is 805. The number of esters is 1. The number of carbonyl (C=O) groups excluding carboxylic acids is 3. The third-order valence-electron chi connectivity index (χ3n) is 8.98. The molecule has 3 fully saturated rings. The van der Waals surface area contributed by atoms with Gasteiger partial charge in [-0.3, -0.25) is 14.4 Å². The molecule has 0 saturated heterocycles. The average molecular weight is 421 g/mol. The van der Waals surface area contributed by atoms with E-state index in [-0.39, 0.29) is 47.8 Å². The van der Waals surface area contributed by atoms with E-state index in [1.165, 1.54) is 13.0 Å². The Morgan fingerprint density at radius 1 is 1.30 bits per heavy atom. The van der Waals surface area contributed by atoms with Crippen LogP contribution in [0.4, 0.5) is 4.39 Å². The van der Waals surface area contributed by atoms with Gasteiger partial charge in [0.2, 0.25) is 0 Å². The van der Waals surface area contributed by atoms with Crippen LogP contribution in [-0.2, 0) is 19.1 Å². The van der Waals surface area contributed by atoms with Gasteiger partial charge in [0.25, 0.3) is 0 Å². The lowest BCUT2D eigenvalue weighted by Gasteiger charge is -2.60. The molecule has 0 radical (unpaired) electrons. The maximum Gasteiger partial charge on any atom is 0.303 e. The second kappa shape index (κ2) is 7.25. The maximum absolute atomic E-state index is 15.4. The van der Waals surface area contributed by atoms with Crippen LogP contribution >= 0.6 is 0 Å². The quantitative estimate of drug-likeness (QED) is 0.708. The third-order valence-corrected chi connectivity index (χ3v) is 8.98. The molecule has 5 nitrogen and oxygen atoms in total. The predicted molar refractivity (Wildman–Crippen MR) is 108 cm³/mol. The lowest BCUT2D eigenvalue weighted by Crippen LogP contribution is -2.59. The zero-order chi connectivity index (χ0) is 22.0. The Hall–Kier alpha value is -1.56. The van der Waals surface area contributed by atoms with E-state index in [4.69, 9.17) is 4.74 Å². The summed E-state index contributed by atoms with van der Waals surface area (Å²) in [6.45, 7) is 7.16. The van der Waals surface area contributed by atoms with Crippen molar-refractivity contribution in [1.82, 2.24) is 0 Å². The number of ether oxygens (including phenoxy) is 1. The number of carbonyl (C=O) groups is 3. The molecular weight excluding hydrogens is 387 g/mol. The van der Waals surface area contributed by atoms with Gasteiger partial charge < -0.3 is 9.84 Å². The van der Waals surface area contributed by atoms with E-state index in [9.17, 15) is 19.5 Å². The van der Waals surface area contributed by atoms with Crippen molar-refractivity contribution >= 4 is 17.5 Å². The number of allylic oxidation sites excluding steroid dienone is 1. The van der Waals surface area contributed by atoms with Crippen molar-refractivity contribution in [1.29, 1.82) is 0 Å². The van der Waals surface area contributed by atoms with Crippen molar-refractivity contribution < 1.29 is 28.6 Å². The fourth-order valence-corrected chi connectivity index (χ4v) is 8.01. The molecule has 0 spiro atoms. The molecule has 0 aromatic heterocycles. The van der Waals surface area contributed by atoms with Gasteiger partial charge in [-0.25, -0.2) is 4.39 Å². The van der Waals surface area contributed by atoms with E-state index in [1.807, 2.05) is 13.8 Å². The number of rotatable bonds is 3. The zero-order valence-electron chi connectivity index (χ0n) is 18.3. The first-order valence-corrected chi connectivity index (χ1v) is 11.2. The Labute approximate surface area is 177 Å². The van der Waals surface area contributed by atoms with Crippen LogP contribution < -0.4 is 0 Å². The van der Waals surface area contributed by atoms with Crippen molar-refractivity contribution in [2.75, 3.05) is 6.61 Å². The standard InChI is InChI=1S/C24H33FO5/c1-12-7-16-15-9-18(25)17-8-14(27)5-6-23(17,3)22(15)19(28)10-24(16,4)21(12)20(29)11-30-13(2)26/h8,12,15-16,18-19,21-22,28H,5-7,9-11H2,1-4H3/t12-,15+,16+,18+,19+,21-,22-,23+,24+/m1/s1. The maximum atomic E-state index is 15.4. The number of fused-ring (bicyclic) bond motifs is 5. The van der Waals surface area contributed by atoms with Gasteiger partial charge in [-0.15, -0.1) is 0 Å². The average Bonchev–Trinajstić information content (AvgIpc) is 2.91. The van der Waals surface area contributed by atoms with E-state index >= 15 is 4.39 Å². The van der Waals surface area contributed by atoms with Crippen LogP contribution in [0.1, 0.15) is 59.8 Å². The molecule has 4 rings (SSSR count). The molecule has 4 aliphatic rings. The molecule has 3 saturated carbocycles. The van der Waals surface area contributed by atoms with Crippen molar-refractivity contribution in [3.8, 4) is 0 Å². The summed E-state index contributed by atoms with van der Waals surface area (Å²) in [6, 6.07) is 0. The first kappa shape index (κ1) is 21.7. The molecule has 0 heterocycles. The Morgan fingerprint density at radius 2 is 2.00 bits per heavy atom. The molecule has 0 unspecified atom stereocenters. The second-order valence-corrected chi connectivity index (χ2v) is 10.7. The number of hydrogen-bond donors (Lipinski definition) is 1. The Morgan fingerprint density at radius 3 is 2.67 bits per heavy atom. The Balaban J connectivity index is 1.68. The van der Waals surface area contributed by atoms with Crippen molar-refractivity contribution in [2.24, 2.45) is 40.4 Å². The van der Waals surface area contributed by atoms with Gasteiger partial charge in [-0.1, -0.05) is 20.8 Å². The molecule has 0 amide bonds. The number of Topliss-reactive ketones (excluding diaryl/α,β-unsaturated/α-hetero) is 1. The topological polar surface area (TPSA) is 80.7 Å². The van der Waals surface area contributed by atoms with Crippen LogP contribution in [0.5, 0.6) is 0 Å². The first-order chi connectivity index (χ1) is 14.0. The van der Waals surface area contributed by atoms with Gasteiger partial charge in [0, 0.05) is 19.3 Å². The van der Waals surface area contributed by atoms with E-state index < -0.39 is 29.1 Å². The minimum absolute atomic E-state index is 0.0238. The highest BCUT2D eigenvalue weighted by atomic mass is 19.1. The summed E-state index contributed by atoms with van der Waals surface area (Å²) in [5, 5.41) is 11.3. The summed E-state index contributed by atoms with van der Waals surface area (Å²) in [4.78, 5) is 36.2. The van der Waals surface area contributed by atoms with Crippen molar-refractivity contribution in [3.63, 3.8) is 0 Å². The molecular formula is C24H33FO5. The van der Waals surface area contributed by atoms with Gasteiger partial charge in [-0.2, -0.15) is 0 Å². The molecule has 1 N–H and O–H groups in total. The highest BCUT2D eigenvalue weighted by molar-refractivity contribution is 5.92. The minimum atomic E-state index is -1.18. The largest absolute Gasteiger partial charge is 0.458 e. The number of aliphatic hydroxyl groups excluding tert-OH is 1. The monoisotopic (exact) mass is 420 g/mol. The fourth-order valence-electron chi connectivity index (χ4n) is 8.01. The number of ketones is 2. The first-order valence-electron chi connectivity index (χ1n) is 11.2. The normalized spacial score (nSPS) is 47.6. The van der Waals surface area contributed by atoms with Crippen LogP contribution in [0, 0.1) is 40.4 Å². The minimum Gasteiger partial charge on any atom is -0.458 e. The SMILES string of the molecule is CC(=O)OCC(=O)[C@H]1[C@H](C)C[C@H]2[C@@H]3C[C@H](F)C4=CC(=O)CC[C@]4(C)[C@H]3[C@@H](O)C[C@@]21C. The number of hydrogen-bond acceptors (Lipinski definition) is 5. The Kier molecular flexibility index (Phi) is 5.23. The molecule has 4 aliphatic carbocycles. The van der Waals surface area contributed by atoms with E-state index in [2.05, 4.69) is 6.92 Å². The number of halogens is 1. The third kappa shape index (κ3) is 3.09. The van der Waals surface area contributed by atoms with Crippen LogP contribution in [0.25, 0.3) is 0 Å². The summed E-state index contributed by atoms with van der Waals surface area (Å²) in [5.41, 5.74) is -0.393. The molecule has 166 valence electrons. The smallest absolute Gasteiger partial charge is 0.303 e. The van der Waals surface area contributed by atoms with Crippen LogP contribution in [0.3, 0.4) is 0 Å². The molecule has 30 heavy (non-hydrogen) atoms. The summed E-state index contributed by atoms with van der Waals surface area (Å²) in [7, 11) is 0. The van der Waals surface area contributed by atoms with Crippen LogP contribution in [0.2, 0.25) is 0 Å². The zero-order valence-corrected chi connectivity index (χ0v) is 18.3. The van der Waals surface area contributed by atoms with Gasteiger partial charge in [0.1, 0.15) is 12.8 Å². The summed E-state index contributed by atoms with van der Waals surface area (Å²) in [5.74, 6) is -0.833. The van der Waals surface area contributed by atoms with Gasteiger partial charge >= 0.3 is 5.97 Å². The van der Waals surface area contributed by atoms with Gasteiger partial charge in [0.15, 0.2) is 11.6 Å². The number of alkyl halides is 1. The summed E-state index contributed by atoms with van der Waals surface area (Å²) >= 11 is 0. The van der Waals surface area contributed by atoms with E-state index in [1.54, 1.807) is 0 Å². The lowest BCUT2D eigenvalue weighted by molar-refractivity contribution is -0.156. The van der Waals surface area contributed by atoms with Crippen LogP contribution in [-0.4, -0.2) is 41.5 Å². The molecule has 0 bridgehead atoms. The molecule has 0 aliphatic heterocycles. The molecule has 0 aromatic carbocycles. The molecule has 6 heteroatoms. The summed E-state index contributed by atoms with van der Waals surface area (Å²) < 4.78 is 20.3. The predicted octanol–water partition coefficient (Wildman–Crippen LogP) is 3.43. The van der Waals surface area contributed by atoms with Crippen LogP contribution in [0.15, 0.2) is 11.6 Å². The van der Waals surface area contributed by atoms with Gasteiger partial charge in [-0.05, 0) is 71.8 Å². The van der Waals surface area contributed by atoms with E-state index in [0.717, 1.165) is 6.42 Å². The second-order valence-electron chi connectivity index (χ2n) is 10.7. The fraction of sp³-hybridized carbons (Fsp3) is 0.792. The van der Waals surface area contributed by atoms with E-state index in [0.29, 0.717) is 31.3 Å². The summed E-state index contributed by atoms with van der Waals surface area (Å²) in [6.07, 6.45) is 2.21. The van der Waals surface area contributed by atoms with Crippen molar-refractivity contribution in [2.45, 2.75) is 72.1 Å².